The predicted octanol–water partition coefficient (Wildman–Crippen LogP) is 3.34. The second-order valence-corrected chi connectivity index (χ2v) is 3.84. The number of carboxylic acid groups (broad SMARTS) is 1. The molecule has 0 radical (unpaired) electrons. The van der Waals surface area contributed by atoms with Crippen LogP contribution in [0, 0.1) is 11.6 Å². The van der Waals surface area contributed by atoms with Crippen molar-refractivity contribution >= 4 is 5.97 Å². The van der Waals surface area contributed by atoms with Gasteiger partial charge in [0.15, 0.2) is 11.6 Å². The van der Waals surface area contributed by atoms with E-state index in [0.29, 0.717) is 11.1 Å². The van der Waals surface area contributed by atoms with Gasteiger partial charge in [-0.15, -0.1) is 0 Å². The van der Waals surface area contributed by atoms with E-state index >= 15 is 0 Å². The van der Waals surface area contributed by atoms with Gasteiger partial charge in [0, 0.05) is 0 Å². The third kappa shape index (κ3) is 2.54. The van der Waals surface area contributed by atoms with E-state index in [4.69, 9.17) is 9.84 Å². The lowest BCUT2D eigenvalue weighted by molar-refractivity contribution is 0.0697. The van der Waals surface area contributed by atoms with E-state index in [2.05, 4.69) is 0 Å². The third-order valence-electron chi connectivity index (χ3n) is 2.67. The van der Waals surface area contributed by atoms with Crippen molar-refractivity contribution in [3.8, 4) is 16.9 Å². The maximum atomic E-state index is 13.3. The second-order valence-electron chi connectivity index (χ2n) is 3.84. The van der Waals surface area contributed by atoms with E-state index < -0.39 is 17.6 Å². The summed E-state index contributed by atoms with van der Waals surface area (Å²) in [5, 5.41) is 9.06. The zero-order chi connectivity index (χ0) is 14.0. The molecule has 0 aromatic heterocycles. The van der Waals surface area contributed by atoms with Crippen molar-refractivity contribution in [2.75, 3.05) is 7.11 Å². The third-order valence-corrected chi connectivity index (χ3v) is 2.67. The summed E-state index contributed by atoms with van der Waals surface area (Å²) in [5.74, 6) is -2.45. The lowest BCUT2D eigenvalue weighted by atomic mass is 9.99. The molecule has 2 aromatic carbocycles. The van der Waals surface area contributed by atoms with Crippen LogP contribution < -0.4 is 4.74 Å². The number of halogens is 2. The summed E-state index contributed by atoms with van der Waals surface area (Å²) >= 11 is 0. The Hall–Kier alpha value is -2.43. The van der Waals surface area contributed by atoms with Crippen molar-refractivity contribution in [2.24, 2.45) is 0 Å². The number of carboxylic acids is 1. The quantitative estimate of drug-likeness (QED) is 0.924. The van der Waals surface area contributed by atoms with Crippen LogP contribution in [0.5, 0.6) is 5.75 Å². The zero-order valence-corrected chi connectivity index (χ0v) is 9.98. The van der Waals surface area contributed by atoms with Crippen LogP contribution in [-0.4, -0.2) is 18.2 Å². The molecule has 0 atom stereocenters. The van der Waals surface area contributed by atoms with Crippen molar-refractivity contribution in [1.29, 1.82) is 0 Å². The van der Waals surface area contributed by atoms with E-state index in [-0.39, 0.29) is 11.3 Å². The van der Waals surface area contributed by atoms with Gasteiger partial charge in [-0.25, -0.2) is 13.6 Å². The summed E-state index contributed by atoms with van der Waals surface area (Å²) in [5.41, 5.74) is 0.552. The van der Waals surface area contributed by atoms with E-state index in [9.17, 15) is 13.6 Å². The highest BCUT2D eigenvalue weighted by Gasteiger charge is 2.14. The van der Waals surface area contributed by atoms with E-state index in [0.717, 1.165) is 12.1 Å². The van der Waals surface area contributed by atoms with E-state index in [1.54, 1.807) is 0 Å². The van der Waals surface area contributed by atoms with Gasteiger partial charge in [0.1, 0.15) is 5.82 Å². The number of hydrogen-bond acceptors (Lipinski definition) is 2. The Morgan fingerprint density at radius 2 is 1.89 bits per heavy atom. The number of hydrogen-bond donors (Lipinski definition) is 1. The average Bonchev–Trinajstić information content (AvgIpc) is 2.39. The van der Waals surface area contributed by atoms with Gasteiger partial charge in [-0.3, -0.25) is 0 Å². The number of benzene rings is 2. The van der Waals surface area contributed by atoms with Crippen LogP contribution >= 0.6 is 0 Å². The highest BCUT2D eigenvalue weighted by Crippen LogP contribution is 2.29. The van der Waals surface area contributed by atoms with Crippen molar-refractivity contribution in [3.05, 3.63) is 53.6 Å². The lowest BCUT2D eigenvalue weighted by Gasteiger charge is -2.09. The Bertz CT molecular complexity index is 639. The lowest BCUT2D eigenvalue weighted by Crippen LogP contribution is -2.00. The fraction of sp³-hybridized carbons (Fsp3) is 0.0714. The molecule has 0 saturated heterocycles. The summed E-state index contributed by atoms with van der Waals surface area (Å²) < 4.78 is 31.2. The monoisotopic (exact) mass is 264 g/mol. The van der Waals surface area contributed by atoms with Gasteiger partial charge in [0.05, 0.1) is 12.7 Å². The molecule has 98 valence electrons. The number of aromatic carboxylic acids is 1. The number of rotatable bonds is 3. The number of methoxy groups -OCH3 is 1. The Balaban J connectivity index is 2.61. The molecule has 5 heteroatoms. The molecule has 0 fully saturated rings. The summed E-state index contributed by atoms with van der Waals surface area (Å²) in [7, 11) is 1.31. The molecule has 0 aliphatic rings. The Kier molecular flexibility index (Phi) is 3.46. The summed E-state index contributed by atoms with van der Waals surface area (Å²) in [6.45, 7) is 0. The number of ether oxygens (including phenoxy) is 1. The number of carbonyl (C=O) groups is 1. The standard InChI is InChI=1S/C14H10F2O3/c1-19-13-6-8(2-5-12(13)16)10-4-3-9(15)7-11(10)14(17)18/h2-7H,1H3,(H,17,18). The summed E-state index contributed by atoms with van der Waals surface area (Å²) in [4.78, 5) is 11.1. The first-order chi connectivity index (χ1) is 9.02. The molecule has 1 N–H and O–H groups in total. The molecular formula is C14H10F2O3. The van der Waals surface area contributed by atoms with Crippen LogP contribution in [0.2, 0.25) is 0 Å². The minimum atomic E-state index is -1.25. The van der Waals surface area contributed by atoms with Crippen molar-refractivity contribution in [2.45, 2.75) is 0 Å². The molecule has 0 aliphatic heterocycles. The molecule has 0 heterocycles. The Labute approximate surface area is 108 Å². The molecule has 0 amide bonds. The smallest absolute Gasteiger partial charge is 0.336 e. The minimum absolute atomic E-state index is 0.00170. The molecule has 0 bridgehead atoms. The largest absolute Gasteiger partial charge is 0.494 e. The van der Waals surface area contributed by atoms with E-state index in [1.807, 2.05) is 0 Å². The summed E-state index contributed by atoms with van der Waals surface area (Å²) in [6, 6.07) is 7.37. The van der Waals surface area contributed by atoms with Crippen LogP contribution in [0.15, 0.2) is 36.4 Å². The van der Waals surface area contributed by atoms with Gasteiger partial charge in [-0.1, -0.05) is 12.1 Å². The van der Waals surface area contributed by atoms with Gasteiger partial charge in [-0.05, 0) is 35.4 Å². The molecule has 19 heavy (non-hydrogen) atoms. The topological polar surface area (TPSA) is 46.5 Å². The van der Waals surface area contributed by atoms with Crippen LogP contribution in [0.4, 0.5) is 8.78 Å². The molecule has 0 unspecified atom stereocenters. The molecule has 0 saturated carbocycles. The first-order valence-electron chi connectivity index (χ1n) is 5.39. The maximum absolute atomic E-state index is 13.3. The Morgan fingerprint density at radius 1 is 1.16 bits per heavy atom. The Morgan fingerprint density at radius 3 is 2.53 bits per heavy atom. The maximum Gasteiger partial charge on any atom is 0.336 e. The van der Waals surface area contributed by atoms with Gasteiger partial charge in [0.25, 0.3) is 0 Å². The van der Waals surface area contributed by atoms with Gasteiger partial charge < -0.3 is 9.84 Å². The minimum Gasteiger partial charge on any atom is -0.494 e. The predicted molar refractivity (Wildman–Crippen MR) is 65.3 cm³/mol. The highest BCUT2D eigenvalue weighted by molar-refractivity contribution is 5.96. The van der Waals surface area contributed by atoms with Crippen molar-refractivity contribution in [3.63, 3.8) is 0 Å². The molecule has 0 aliphatic carbocycles. The molecular weight excluding hydrogens is 254 g/mol. The van der Waals surface area contributed by atoms with Crippen LogP contribution in [0.25, 0.3) is 11.1 Å². The van der Waals surface area contributed by atoms with Crippen LogP contribution in [0.1, 0.15) is 10.4 Å². The first-order valence-corrected chi connectivity index (χ1v) is 5.39. The average molecular weight is 264 g/mol. The molecule has 2 rings (SSSR count). The van der Waals surface area contributed by atoms with E-state index in [1.165, 1.54) is 31.4 Å². The van der Waals surface area contributed by atoms with Crippen LogP contribution in [-0.2, 0) is 0 Å². The highest BCUT2D eigenvalue weighted by atomic mass is 19.1. The first kappa shape index (κ1) is 13.0. The van der Waals surface area contributed by atoms with Crippen LogP contribution in [0.3, 0.4) is 0 Å². The fourth-order valence-corrected chi connectivity index (χ4v) is 1.77. The summed E-state index contributed by atoms with van der Waals surface area (Å²) in [6.07, 6.45) is 0. The van der Waals surface area contributed by atoms with Gasteiger partial charge >= 0.3 is 5.97 Å². The molecule has 3 nitrogen and oxygen atoms in total. The zero-order valence-electron chi connectivity index (χ0n) is 9.98. The van der Waals surface area contributed by atoms with Crippen molar-refractivity contribution < 1.29 is 23.4 Å². The van der Waals surface area contributed by atoms with Gasteiger partial charge in [0.2, 0.25) is 0 Å². The SMILES string of the molecule is COc1cc(-c2ccc(F)cc2C(=O)O)ccc1F. The van der Waals surface area contributed by atoms with Gasteiger partial charge in [-0.2, -0.15) is 0 Å². The molecule has 2 aromatic rings. The fourth-order valence-electron chi connectivity index (χ4n) is 1.77. The normalized spacial score (nSPS) is 10.3. The molecule has 0 spiro atoms. The second kappa shape index (κ2) is 5.06. The van der Waals surface area contributed by atoms with Crippen molar-refractivity contribution in [1.82, 2.24) is 0 Å².